The second-order valence-electron chi connectivity index (χ2n) is 8.07. The second kappa shape index (κ2) is 10.2. The number of hydrogen-bond acceptors (Lipinski definition) is 4. The minimum atomic E-state index is -0.520. The number of β-amino-alcohol motifs (C(OH)–C–C–N with tert-alkyl or cyclic N) is 1. The van der Waals surface area contributed by atoms with E-state index in [4.69, 9.17) is 16.3 Å². The highest BCUT2D eigenvalue weighted by Gasteiger charge is 2.21. The molecule has 0 aromatic heterocycles. The summed E-state index contributed by atoms with van der Waals surface area (Å²) in [5.41, 5.74) is 4.78. The van der Waals surface area contributed by atoms with E-state index in [-0.39, 0.29) is 6.61 Å². The highest BCUT2D eigenvalue weighted by molar-refractivity contribution is 6.30. The summed E-state index contributed by atoms with van der Waals surface area (Å²) in [5, 5.41) is 11.2. The van der Waals surface area contributed by atoms with E-state index in [1.54, 1.807) is 0 Å². The summed E-state index contributed by atoms with van der Waals surface area (Å²) < 4.78 is 5.82. The predicted octanol–water partition coefficient (Wildman–Crippen LogP) is 4.88. The van der Waals surface area contributed by atoms with Crippen LogP contribution in [0, 0.1) is 6.92 Å². The molecule has 0 aliphatic carbocycles. The van der Waals surface area contributed by atoms with Crippen LogP contribution >= 0.6 is 11.6 Å². The molecule has 5 heteroatoms. The number of halogens is 1. The van der Waals surface area contributed by atoms with E-state index in [2.05, 4.69) is 34.9 Å². The van der Waals surface area contributed by atoms with Gasteiger partial charge in [0, 0.05) is 43.4 Å². The SMILES string of the molecule is Cc1ccc(Cl)cc1N1CCN(C[C@@H](O)COc2ccc(-c3ccccc3)cc2)CC1. The molecular formula is C26H29ClN2O2. The second-order valence-corrected chi connectivity index (χ2v) is 8.51. The summed E-state index contributed by atoms with van der Waals surface area (Å²) >= 11 is 6.17. The van der Waals surface area contributed by atoms with Crippen molar-refractivity contribution in [2.24, 2.45) is 0 Å². The monoisotopic (exact) mass is 436 g/mol. The van der Waals surface area contributed by atoms with Crippen molar-refractivity contribution in [1.29, 1.82) is 0 Å². The molecule has 1 atom stereocenters. The van der Waals surface area contributed by atoms with Crippen LogP contribution in [0.4, 0.5) is 5.69 Å². The highest BCUT2D eigenvalue weighted by atomic mass is 35.5. The molecule has 4 nitrogen and oxygen atoms in total. The zero-order chi connectivity index (χ0) is 21.6. The van der Waals surface area contributed by atoms with Crippen LogP contribution in [0.3, 0.4) is 0 Å². The Labute approximate surface area is 189 Å². The lowest BCUT2D eigenvalue weighted by Crippen LogP contribution is -2.49. The summed E-state index contributed by atoms with van der Waals surface area (Å²) in [4.78, 5) is 4.66. The molecule has 0 saturated carbocycles. The van der Waals surface area contributed by atoms with Gasteiger partial charge in [-0.15, -0.1) is 0 Å². The third kappa shape index (κ3) is 5.79. The zero-order valence-corrected chi connectivity index (χ0v) is 18.6. The van der Waals surface area contributed by atoms with Crippen molar-refractivity contribution in [1.82, 2.24) is 4.90 Å². The molecule has 1 heterocycles. The van der Waals surface area contributed by atoms with Gasteiger partial charge in [-0.05, 0) is 47.9 Å². The van der Waals surface area contributed by atoms with Crippen LogP contribution in [0.1, 0.15) is 5.56 Å². The number of aliphatic hydroxyl groups is 1. The van der Waals surface area contributed by atoms with Crippen molar-refractivity contribution in [2.45, 2.75) is 13.0 Å². The lowest BCUT2D eigenvalue weighted by atomic mass is 10.1. The van der Waals surface area contributed by atoms with Gasteiger partial charge in [0.15, 0.2) is 0 Å². The van der Waals surface area contributed by atoms with E-state index in [1.807, 2.05) is 54.6 Å². The molecule has 0 bridgehead atoms. The van der Waals surface area contributed by atoms with Crippen LogP contribution in [0.25, 0.3) is 11.1 Å². The third-order valence-electron chi connectivity index (χ3n) is 5.76. The number of aryl methyl sites for hydroxylation is 1. The molecule has 3 aromatic carbocycles. The molecule has 0 spiro atoms. The van der Waals surface area contributed by atoms with Crippen molar-refractivity contribution in [2.75, 3.05) is 44.2 Å². The molecule has 31 heavy (non-hydrogen) atoms. The van der Waals surface area contributed by atoms with Crippen LogP contribution in [-0.2, 0) is 0 Å². The zero-order valence-electron chi connectivity index (χ0n) is 17.9. The van der Waals surface area contributed by atoms with Gasteiger partial charge in [-0.2, -0.15) is 0 Å². The van der Waals surface area contributed by atoms with Gasteiger partial charge < -0.3 is 14.7 Å². The summed E-state index contributed by atoms with van der Waals surface area (Å²) in [6.45, 7) is 6.70. The van der Waals surface area contributed by atoms with Gasteiger partial charge in [0.2, 0.25) is 0 Å². The van der Waals surface area contributed by atoms with Crippen LogP contribution in [0.5, 0.6) is 5.75 Å². The average molecular weight is 437 g/mol. The molecule has 1 fully saturated rings. The minimum Gasteiger partial charge on any atom is -0.491 e. The fourth-order valence-corrected chi connectivity index (χ4v) is 4.18. The molecule has 0 radical (unpaired) electrons. The Hall–Kier alpha value is -2.53. The largest absolute Gasteiger partial charge is 0.491 e. The molecule has 0 unspecified atom stereocenters. The maximum Gasteiger partial charge on any atom is 0.119 e. The van der Waals surface area contributed by atoms with Crippen molar-refractivity contribution < 1.29 is 9.84 Å². The molecule has 1 saturated heterocycles. The molecule has 1 aliphatic heterocycles. The van der Waals surface area contributed by atoms with Crippen LogP contribution in [0.15, 0.2) is 72.8 Å². The number of rotatable bonds is 7. The van der Waals surface area contributed by atoms with Crippen LogP contribution in [0.2, 0.25) is 5.02 Å². The molecule has 3 aromatic rings. The standard InChI is InChI=1S/C26H29ClN2O2/c1-20-7-10-23(27)17-26(20)29-15-13-28(14-16-29)18-24(30)19-31-25-11-8-22(9-12-25)21-5-3-2-4-6-21/h2-12,17,24,30H,13-16,18-19H2,1H3/t24-/m1/s1. The van der Waals surface area contributed by atoms with Crippen molar-refractivity contribution in [3.8, 4) is 16.9 Å². The Morgan fingerprint density at radius 3 is 2.29 bits per heavy atom. The predicted molar refractivity (Wildman–Crippen MR) is 128 cm³/mol. The maximum absolute atomic E-state index is 10.5. The Morgan fingerprint density at radius 2 is 1.58 bits per heavy atom. The highest BCUT2D eigenvalue weighted by Crippen LogP contribution is 2.25. The molecular weight excluding hydrogens is 408 g/mol. The Morgan fingerprint density at radius 1 is 0.903 bits per heavy atom. The fraction of sp³-hybridized carbons (Fsp3) is 0.308. The van der Waals surface area contributed by atoms with Crippen molar-refractivity contribution >= 4 is 17.3 Å². The summed E-state index contributed by atoms with van der Waals surface area (Å²) in [6, 6.07) is 24.3. The summed E-state index contributed by atoms with van der Waals surface area (Å²) in [7, 11) is 0. The quantitative estimate of drug-likeness (QED) is 0.572. The van der Waals surface area contributed by atoms with Crippen LogP contribution < -0.4 is 9.64 Å². The van der Waals surface area contributed by atoms with Gasteiger partial charge >= 0.3 is 0 Å². The van der Waals surface area contributed by atoms with E-state index >= 15 is 0 Å². The topological polar surface area (TPSA) is 35.9 Å². The van der Waals surface area contributed by atoms with Gasteiger partial charge in [0.25, 0.3) is 0 Å². The van der Waals surface area contributed by atoms with E-state index in [1.165, 1.54) is 16.8 Å². The first-order chi connectivity index (χ1) is 15.1. The number of aliphatic hydroxyl groups excluding tert-OH is 1. The first-order valence-electron chi connectivity index (χ1n) is 10.8. The van der Waals surface area contributed by atoms with Gasteiger partial charge in [0.05, 0.1) is 0 Å². The third-order valence-corrected chi connectivity index (χ3v) is 5.99. The van der Waals surface area contributed by atoms with E-state index in [9.17, 15) is 5.11 Å². The molecule has 4 rings (SSSR count). The van der Waals surface area contributed by atoms with Gasteiger partial charge in [0.1, 0.15) is 18.5 Å². The molecule has 162 valence electrons. The molecule has 0 amide bonds. The number of ether oxygens (including phenoxy) is 1. The van der Waals surface area contributed by atoms with Gasteiger partial charge in [-0.1, -0.05) is 60.1 Å². The number of nitrogens with zero attached hydrogens (tertiary/aromatic N) is 2. The summed E-state index contributed by atoms with van der Waals surface area (Å²) in [6.07, 6.45) is -0.520. The van der Waals surface area contributed by atoms with Crippen LogP contribution in [-0.4, -0.2) is 55.4 Å². The number of hydrogen-bond donors (Lipinski definition) is 1. The lowest BCUT2D eigenvalue weighted by Gasteiger charge is -2.37. The Kier molecular flexibility index (Phi) is 7.13. The first kappa shape index (κ1) is 21.7. The maximum atomic E-state index is 10.5. The Bertz CT molecular complexity index is 970. The van der Waals surface area contributed by atoms with E-state index < -0.39 is 6.10 Å². The van der Waals surface area contributed by atoms with E-state index in [0.717, 1.165) is 42.5 Å². The molecule has 1 N–H and O–H groups in total. The molecule has 1 aliphatic rings. The summed E-state index contributed by atoms with van der Waals surface area (Å²) in [5.74, 6) is 0.778. The number of piperazine rings is 1. The van der Waals surface area contributed by atoms with Gasteiger partial charge in [-0.25, -0.2) is 0 Å². The van der Waals surface area contributed by atoms with E-state index in [0.29, 0.717) is 6.54 Å². The smallest absolute Gasteiger partial charge is 0.119 e. The first-order valence-corrected chi connectivity index (χ1v) is 11.2. The fourth-order valence-electron chi connectivity index (χ4n) is 4.01. The van der Waals surface area contributed by atoms with Crippen molar-refractivity contribution in [3.63, 3.8) is 0 Å². The number of benzene rings is 3. The average Bonchev–Trinajstić information content (AvgIpc) is 2.81. The normalized spacial score (nSPS) is 15.6. The minimum absolute atomic E-state index is 0.290. The van der Waals surface area contributed by atoms with Crippen molar-refractivity contribution in [3.05, 3.63) is 83.4 Å². The van der Waals surface area contributed by atoms with Gasteiger partial charge in [-0.3, -0.25) is 4.90 Å². The lowest BCUT2D eigenvalue weighted by molar-refractivity contribution is 0.0663. The Balaban J connectivity index is 1.23. The number of anilines is 1.